The van der Waals surface area contributed by atoms with Crippen LogP contribution < -0.4 is 0 Å². The molecule has 1 rings (SSSR count). The highest BCUT2D eigenvalue weighted by atomic mass is 14.4. The molecule has 0 heteroatoms. The van der Waals surface area contributed by atoms with Gasteiger partial charge in [-0.25, -0.2) is 0 Å². The Hall–Kier alpha value is 0. The van der Waals surface area contributed by atoms with Crippen molar-refractivity contribution in [2.75, 3.05) is 0 Å². The van der Waals surface area contributed by atoms with Crippen LogP contribution in [0.25, 0.3) is 0 Å². The van der Waals surface area contributed by atoms with Crippen molar-refractivity contribution < 1.29 is 0 Å². The molecule has 0 aliphatic heterocycles. The first kappa shape index (κ1) is 12.1. The van der Waals surface area contributed by atoms with E-state index < -0.39 is 0 Å². The first-order valence-electron chi connectivity index (χ1n) is 6.56. The summed E-state index contributed by atoms with van der Waals surface area (Å²) < 4.78 is 0. The molecule has 84 valence electrons. The molecule has 0 nitrogen and oxygen atoms in total. The van der Waals surface area contributed by atoms with Gasteiger partial charge in [0.15, 0.2) is 0 Å². The van der Waals surface area contributed by atoms with E-state index in [2.05, 4.69) is 34.6 Å². The fourth-order valence-electron chi connectivity index (χ4n) is 3.13. The van der Waals surface area contributed by atoms with Gasteiger partial charge in [-0.2, -0.15) is 0 Å². The Morgan fingerprint density at radius 2 is 1.79 bits per heavy atom. The summed E-state index contributed by atoms with van der Waals surface area (Å²) in [5.41, 5.74) is 0. The van der Waals surface area contributed by atoms with Gasteiger partial charge in [-0.05, 0) is 42.4 Å². The molecule has 0 aromatic rings. The van der Waals surface area contributed by atoms with Gasteiger partial charge in [0.25, 0.3) is 0 Å². The fraction of sp³-hybridized carbons (Fsp3) is 1.00. The van der Waals surface area contributed by atoms with Gasteiger partial charge in [0, 0.05) is 0 Å². The summed E-state index contributed by atoms with van der Waals surface area (Å²) in [6.07, 6.45) is 5.84. The number of rotatable bonds is 3. The molecule has 0 radical (unpaired) electrons. The van der Waals surface area contributed by atoms with Crippen LogP contribution in [0.1, 0.15) is 60.3 Å². The summed E-state index contributed by atoms with van der Waals surface area (Å²) >= 11 is 0. The monoisotopic (exact) mass is 196 g/mol. The normalized spacial score (nSPS) is 36.0. The lowest BCUT2D eigenvalue weighted by atomic mass is 9.66. The summed E-state index contributed by atoms with van der Waals surface area (Å²) in [6, 6.07) is 0. The van der Waals surface area contributed by atoms with Gasteiger partial charge in [-0.15, -0.1) is 0 Å². The van der Waals surface area contributed by atoms with Gasteiger partial charge >= 0.3 is 0 Å². The van der Waals surface area contributed by atoms with Gasteiger partial charge in [-0.3, -0.25) is 0 Å². The average Bonchev–Trinajstić information content (AvgIpc) is 2.16. The SMILES string of the molecule is CCC1CCC(C)CC1C(C)C(C)C. The highest BCUT2D eigenvalue weighted by molar-refractivity contribution is 4.82. The Balaban J connectivity index is 2.60. The molecule has 1 aliphatic rings. The predicted octanol–water partition coefficient (Wildman–Crippen LogP) is 4.74. The predicted molar refractivity (Wildman–Crippen MR) is 64.3 cm³/mol. The molecule has 0 spiro atoms. The lowest BCUT2D eigenvalue weighted by molar-refractivity contribution is 0.106. The Kier molecular flexibility index (Phi) is 4.47. The topological polar surface area (TPSA) is 0 Å². The third-order valence-electron chi connectivity index (χ3n) is 4.56. The van der Waals surface area contributed by atoms with Gasteiger partial charge in [0.1, 0.15) is 0 Å². The van der Waals surface area contributed by atoms with Crippen LogP contribution >= 0.6 is 0 Å². The van der Waals surface area contributed by atoms with Crippen molar-refractivity contribution in [3.05, 3.63) is 0 Å². The van der Waals surface area contributed by atoms with E-state index in [0.717, 1.165) is 29.6 Å². The van der Waals surface area contributed by atoms with Crippen LogP contribution in [-0.2, 0) is 0 Å². The van der Waals surface area contributed by atoms with E-state index in [0.29, 0.717) is 0 Å². The zero-order valence-corrected chi connectivity index (χ0v) is 10.7. The second-order valence-electron chi connectivity index (χ2n) is 5.85. The number of hydrogen-bond acceptors (Lipinski definition) is 0. The van der Waals surface area contributed by atoms with E-state index >= 15 is 0 Å². The molecule has 0 N–H and O–H groups in total. The molecule has 1 aliphatic carbocycles. The molecule has 0 amide bonds. The minimum absolute atomic E-state index is 0.861. The molecule has 14 heavy (non-hydrogen) atoms. The quantitative estimate of drug-likeness (QED) is 0.611. The zero-order valence-electron chi connectivity index (χ0n) is 10.7. The standard InChI is InChI=1S/C14H28/c1-6-13-8-7-11(4)9-14(13)12(5)10(2)3/h10-14H,6-9H2,1-5H3. The van der Waals surface area contributed by atoms with Gasteiger partial charge < -0.3 is 0 Å². The zero-order chi connectivity index (χ0) is 10.7. The van der Waals surface area contributed by atoms with Crippen LogP contribution in [0.2, 0.25) is 0 Å². The van der Waals surface area contributed by atoms with E-state index in [-0.39, 0.29) is 0 Å². The van der Waals surface area contributed by atoms with Gasteiger partial charge in [-0.1, -0.05) is 47.5 Å². The van der Waals surface area contributed by atoms with Crippen molar-refractivity contribution in [2.45, 2.75) is 60.3 Å². The first-order valence-corrected chi connectivity index (χ1v) is 6.56. The van der Waals surface area contributed by atoms with E-state index in [9.17, 15) is 0 Å². The molecule has 0 bridgehead atoms. The highest BCUT2D eigenvalue weighted by Crippen LogP contribution is 2.41. The molecular weight excluding hydrogens is 168 g/mol. The van der Waals surface area contributed by atoms with Crippen LogP contribution in [0.5, 0.6) is 0 Å². The summed E-state index contributed by atoms with van der Waals surface area (Å²) in [7, 11) is 0. The van der Waals surface area contributed by atoms with Crippen LogP contribution in [-0.4, -0.2) is 0 Å². The van der Waals surface area contributed by atoms with Crippen LogP contribution in [0.4, 0.5) is 0 Å². The van der Waals surface area contributed by atoms with Crippen molar-refractivity contribution in [3.63, 3.8) is 0 Å². The molecule has 0 saturated heterocycles. The van der Waals surface area contributed by atoms with Crippen molar-refractivity contribution in [1.82, 2.24) is 0 Å². The average molecular weight is 196 g/mol. The summed E-state index contributed by atoms with van der Waals surface area (Å²) in [6.45, 7) is 12.1. The van der Waals surface area contributed by atoms with Crippen molar-refractivity contribution in [1.29, 1.82) is 0 Å². The molecule has 0 heterocycles. The summed E-state index contributed by atoms with van der Waals surface area (Å²) in [5.74, 6) is 4.78. The lowest BCUT2D eigenvalue weighted by Gasteiger charge is -2.39. The highest BCUT2D eigenvalue weighted by Gasteiger charge is 2.32. The molecular formula is C14H28. The summed E-state index contributed by atoms with van der Waals surface area (Å²) in [4.78, 5) is 0. The second-order valence-corrected chi connectivity index (χ2v) is 5.85. The third-order valence-corrected chi connectivity index (χ3v) is 4.56. The van der Waals surface area contributed by atoms with Crippen LogP contribution in [0, 0.1) is 29.6 Å². The van der Waals surface area contributed by atoms with Crippen LogP contribution in [0.15, 0.2) is 0 Å². The van der Waals surface area contributed by atoms with Crippen molar-refractivity contribution >= 4 is 0 Å². The van der Waals surface area contributed by atoms with E-state index in [4.69, 9.17) is 0 Å². The molecule has 4 atom stereocenters. The minimum Gasteiger partial charge on any atom is -0.0651 e. The molecule has 1 fully saturated rings. The summed E-state index contributed by atoms with van der Waals surface area (Å²) in [5, 5.41) is 0. The largest absolute Gasteiger partial charge is 0.0651 e. The Morgan fingerprint density at radius 3 is 2.29 bits per heavy atom. The first-order chi connectivity index (χ1) is 6.56. The van der Waals surface area contributed by atoms with E-state index in [1.807, 2.05) is 0 Å². The van der Waals surface area contributed by atoms with Crippen molar-refractivity contribution in [3.8, 4) is 0 Å². The third kappa shape index (κ3) is 2.74. The molecule has 4 unspecified atom stereocenters. The van der Waals surface area contributed by atoms with Crippen molar-refractivity contribution in [2.24, 2.45) is 29.6 Å². The lowest BCUT2D eigenvalue weighted by Crippen LogP contribution is -2.30. The minimum atomic E-state index is 0.861. The van der Waals surface area contributed by atoms with E-state index in [1.165, 1.54) is 25.7 Å². The number of hydrogen-bond donors (Lipinski definition) is 0. The molecule has 1 saturated carbocycles. The molecule has 0 aromatic carbocycles. The Bertz CT molecular complexity index is 157. The maximum Gasteiger partial charge on any atom is -0.0355 e. The van der Waals surface area contributed by atoms with Gasteiger partial charge in [0.2, 0.25) is 0 Å². The fourth-order valence-corrected chi connectivity index (χ4v) is 3.13. The Labute approximate surface area is 90.5 Å². The Morgan fingerprint density at radius 1 is 1.14 bits per heavy atom. The molecule has 0 aromatic heterocycles. The smallest absolute Gasteiger partial charge is 0.0355 e. The van der Waals surface area contributed by atoms with Gasteiger partial charge in [0.05, 0.1) is 0 Å². The second kappa shape index (κ2) is 5.19. The maximum atomic E-state index is 2.47. The van der Waals surface area contributed by atoms with Crippen LogP contribution in [0.3, 0.4) is 0 Å². The maximum absolute atomic E-state index is 2.47. The van der Waals surface area contributed by atoms with E-state index in [1.54, 1.807) is 0 Å².